The summed E-state index contributed by atoms with van der Waals surface area (Å²) in [7, 11) is 0. The van der Waals surface area contributed by atoms with Crippen molar-refractivity contribution in [2.45, 2.75) is 56.6 Å². The van der Waals surface area contributed by atoms with Gasteiger partial charge in [-0.2, -0.15) is 5.10 Å². The number of hydrogen-bond donors (Lipinski definition) is 2. The fourth-order valence-corrected chi connectivity index (χ4v) is 5.32. The Balaban J connectivity index is 1.34. The highest BCUT2D eigenvalue weighted by molar-refractivity contribution is 7.99. The van der Waals surface area contributed by atoms with Crippen molar-refractivity contribution >= 4 is 17.7 Å². The Morgan fingerprint density at radius 2 is 1.97 bits per heavy atom. The maximum absolute atomic E-state index is 12.6. The van der Waals surface area contributed by atoms with Crippen LogP contribution in [0.25, 0.3) is 5.95 Å². The summed E-state index contributed by atoms with van der Waals surface area (Å²) in [4.78, 5) is 15.2. The zero-order valence-electron chi connectivity index (χ0n) is 18.3. The largest absolute Gasteiger partial charge is 0.379 e. The molecule has 4 rings (SSSR count). The molecule has 1 aliphatic carbocycles. The minimum atomic E-state index is -0.0149. The second-order valence-electron chi connectivity index (χ2n) is 8.44. The van der Waals surface area contributed by atoms with Gasteiger partial charge in [-0.05, 0) is 32.8 Å². The van der Waals surface area contributed by atoms with E-state index >= 15 is 0 Å². The van der Waals surface area contributed by atoms with Crippen LogP contribution in [-0.2, 0) is 9.53 Å². The van der Waals surface area contributed by atoms with E-state index in [9.17, 15) is 4.79 Å². The Morgan fingerprint density at radius 1 is 1.23 bits per heavy atom. The van der Waals surface area contributed by atoms with Gasteiger partial charge >= 0.3 is 0 Å². The van der Waals surface area contributed by atoms with Crippen molar-refractivity contribution in [1.82, 2.24) is 34.9 Å². The highest BCUT2D eigenvalue weighted by Crippen LogP contribution is 2.34. The quantitative estimate of drug-likeness (QED) is 0.477. The van der Waals surface area contributed by atoms with Gasteiger partial charge < -0.3 is 15.9 Å². The molecule has 3 N–H and O–H groups in total. The molecule has 1 amide bonds. The Kier molecular flexibility index (Phi) is 6.83. The standard InChI is InChI=1S/C20H32N8O2S/c1-15-12-16(2)28(25-15)18-23-24-19(27(18)21)31-13-17(29)22-14-20(6-4-3-5-7-20)26-8-10-30-11-9-26/h12H,3-11,13-14,21H2,1-2H3,(H,22,29). The van der Waals surface area contributed by atoms with Gasteiger partial charge in [0, 0.05) is 30.9 Å². The van der Waals surface area contributed by atoms with E-state index in [0.29, 0.717) is 17.6 Å². The lowest BCUT2D eigenvalue weighted by Crippen LogP contribution is -2.59. The normalized spacial score (nSPS) is 19.4. The number of thioether (sulfide) groups is 1. The number of carbonyl (C=O) groups is 1. The molecule has 1 saturated carbocycles. The molecule has 2 aromatic rings. The van der Waals surface area contributed by atoms with E-state index < -0.39 is 0 Å². The maximum atomic E-state index is 12.6. The molecule has 31 heavy (non-hydrogen) atoms. The van der Waals surface area contributed by atoms with Crippen LogP contribution >= 0.6 is 11.8 Å². The zero-order valence-corrected chi connectivity index (χ0v) is 19.2. The number of nitrogen functional groups attached to an aromatic ring is 1. The smallest absolute Gasteiger partial charge is 0.271 e. The number of carbonyl (C=O) groups excluding carboxylic acids is 1. The van der Waals surface area contributed by atoms with E-state index in [0.717, 1.165) is 50.5 Å². The van der Waals surface area contributed by atoms with Gasteiger partial charge in [-0.1, -0.05) is 31.0 Å². The predicted molar refractivity (Wildman–Crippen MR) is 119 cm³/mol. The molecule has 0 spiro atoms. The highest BCUT2D eigenvalue weighted by atomic mass is 32.2. The molecule has 170 valence electrons. The second kappa shape index (κ2) is 9.58. The minimum Gasteiger partial charge on any atom is -0.379 e. The summed E-state index contributed by atoms with van der Waals surface area (Å²) in [6.45, 7) is 7.95. The first-order valence-corrected chi connectivity index (χ1v) is 11.9. The molecule has 0 bridgehead atoms. The predicted octanol–water partition coefficient (Wildman–Crippen LogP) is 1.04. The number of amides is 1. The summed E-state index contributed by atoms with van der Waals surface area (Å²) < 4.78 is 8.57. The van der Waals surface area contributed by atoms with Crippen molar-refractivity contribution in [3.63, 3.8) is 0 Å². The van der Waals surface area contributed by atoms with Crippen LogP contribution in [0.5, 0.6) is 0 Å². The van der Waals surface area contributed by atoms with E-state index in [4.69, 9.17) is 10.6 Å². The van der Waals surface area contributed by atoms with Gasteiger partial charge in [0.1, 0.15) is 0 Å². The monoisotopic (exact) mass is 448 g/mol. The molecule has 1 aliphatic heterocycles. The number of morpholine rings is 1. The molecule has 10 nitrogen and oxygen atoms in total. The van der Waals surface area contributed by atoms with Crippen molar-refractivity contribution in [2.75, 3.05) is 44.4 Å². The van der Waals surface area contributed by atoms with Gasteiger partial charge in [0.15, 0.2) is 0 Å². The van der Waals surface area contributed by atoms with Crippen LogP contribution < -0.4 is 11.2 Å². The molecule has 0 unspecified atom stereocenters. The van der Waals surface area contributed by atoms with Crippen LogP contribution in [0.2, 0.25) is 0 Å². The lowest BCUT2D eigenvalue weighted by molar-refractivity contribution is -0.119. The second-order valence-corrected chi connectivity index (χ2v) is 9.38. The fraction of sp³-hybridized carbons (Fsp3) is 0.700. The molecule has 1 saturated heterocycles. The van der Waals surface area contributed by atoms with Gasteiger partial charge in [0.05, 0.1) is 24.7 Å². The van der Waals surface area contributed by atoms with Gasteiger partial charge in [0.25, 0.3) is 5.95 Å². The molecule has 0 radical (unpaired) electrons. The zero-order chi connectivity index (χ0) is 21.8. The summed E-state index contributed by atoms with van der Waals surface area (Å²) in [5.41, 5.74) is 1.86. The summed E-state index contributed by atoms with van der Waals surface area (Å²) in [6.07, 6.45) is 5.97. The van der Waals surface area contributed by atoms with E-state index in [1.165, 1.54) is 35.7 Å². The Morgan fingerprint density at radius 3 is 2.65 bits per heavy atom. The summed E-state index contributed by atoms with van der Waals surface area (Å²) in [5.74, 6) is 6.83. The average molecular weight is 449 g/mol. The van der Waals surface area contributed by atoms with E-state index in [-0.39, 0.29) is 17.2 Å². The average Bonchev–Trinajstić information content (AvgIpc) is 3.32. The maximum Gasteiger partial charge on any atom is 0.271 e. The number of aryl methyl sites for hydroxylation is 2. The molecule has 0 aromatic carbocycles. The Hall–Kier alpha value is -2.11. The van der Waals surface area contributed by atoms with Crippen molar-refractivity contribution in [3.8, 4) is 5.95 Å². The van der Waals surface area contributed by atoms with Crippen LogP contribution in [0.15, 0.2) is 11.2 Å². The SMILES string of the molecule is Cc1cc(C)n(-c2nnc(SCC(=O)NCC3(N4CCOCC4)CCCCC3)n2N)n1. The summed E-state index contributed by atoms with van der Waals surface area (Å²) >= 11 is 1.28. The minimum absolute atomic E-state index is 0.0149. The van der Waals surface area contributed by atoms with Crippen molar-refractivity contribution in [2.24, 2.45) is 0 Å². The van der Waals surface area contributed by atoms with Crippen molar-refractivity contribution in [3.05, 3.63) is 17.5 Å². The Labute approximate surface area is 186 Å². The van der Waals surface area contributed by atoms with Gasteiger partial charge in [-0.3, -0.25) is 9.69 Å². The highest BCUT2D eigenvalue weighted by Gasteiger charge is 2.38. The van der Waals surface area contributed by atoms with E-state index in [2.05, 4.69) is 25.5 Å². The Bertz CT molecular complexity index is 899. The first-order chi connectivity index (χ1) is 15.0. The van der Waals surface area contributed by atoms with Crippen LogP contribution in [-0.4, -0.2) is 79.6 Å². The van der Waals surface area contributed by atoms with Crippen LogP contribution in [0.4, 0.5) is 0 Å². The van der Waals surface area contributed by atoms with Crippen molar-refractivity contribution in [1.29, 1.82) is 0 Å². The number of nitrogens with two attached hydrogens (primary N) is 1. The number of nitrogens with zero attached hydrogens (tertiary/aromatic N) is 6. The summed E-state index contributed by atoms with van der Waals surface area (Å²) in [5, 5.41) is 16.3. The third-order valence-corrected chi connectivity index (χ3v) is 7.20. The third kappa shape index (κ3) is 4.88. The molecule has 11 heteroatoms. The molecule has 2 aromatic heterocycles. The fourth-order valence-electron chi connectivity index (χ4n) is 4.64. The first-order valence-electron chi connectivity index (χ1n) is 10.9. The third-order valence-electron chi connectivity index (χ3n) is 6.26. The van der Waals surface area contributed by atoms with Gasteiger partial charge in [0.2, 0.25) is 11.1 Å². The number of hydrogen-bond acceptors (Lipinski definition) is 8. The van der Waals surface area contributed by atoms with Gasteiger partial charge in [-0.25, -0.2) is 9.36 Å². The molecular weight excluding hydrogens is 416 g/mol. The lowest BCUT2D eigenvalue weighted by atomic mass is 9.79. The number of aromatic nitrogens is 5. The van der Waals surface area contributed by atoms with Crippen LogP contribution in [0, 0.1) is 13.8 Å². The molecule has 2 fully saturated rings. The molecule has 3 heterocycles. The van der Waals surface area contributed by atoms with Crippen LogP contribution in [0.1, 0.15) is 43.5 Å². The number of rotatable bonds is 7. The summed E-state index contributed by atoms with van der Waals surface area (Å²) in [6, 6.07) is 1.95. The van der Waals surface area contributed by atoms with Gasteiger partial charge in [-0.15, -0.1) is 10.2 Å². The first kappa shape index (κ1) is 22.1. The molecule has 2 aliphatic rings. The van der Waals surface area contributed by atoms with E-state index in [1.807, 2.05) is 19.9 Å². The van der Waals surface area contributed by atoms with Crippen LogP contribution in [0.3, 0.4) is 0 Å². The topological polar surface area (TPSA) is 116 Å². The number of nitrogens with one attached hydrogen (secondary N) is 1. The number of ether oxygens (including phenoxy) is 1. The lowest BCUT2D eigenvalue weighted by Gasteiger charge is -2.48. The van der Waals surface area contributed by atoms with Crippen molar-refractivity contribution < 1.29 is 9.53 Å². The molecule has 0 atom stereocenters. The molecular formula is C20H32N8O2S. The van der Waals surface area contributed by atoms with E-state index in [1.54, 1.807) is 4.68 Å².